The van der Waals surface area contributed by atoms with E-state index in [1.165, 1.54) is 11.9 Å². The monoisotopic (exact) mass is 534 g/mol. The fourth-order valence-electron chi connectivity index (χ4n) is 4.57. The van der Waals surface area contributed by atoms with Gasteiger partial charge in [-0.25, -0.2) is 9.97 Å². The van der Waals surface area contributed by atoms with Gasteiger partial charge in [0.1, 0.15) is 18.0 Å². The van der Waals surface area contributed by atoms with Gasteiger partial charge >= 0.3 is 0 Å². The van der Waals surface area contributed by atoms with E-state index in [4.69, 9.17) is 0 Å². The normalized spacial score (nSPS) is 18.7. The van der Waals surface area contributed by atoms with Crippen LogP contribution in [0.15, 0.2) is 71.5 Å². The highest BCUT2D eigenvalue weighted by Gasteiger charge is 2.35. The van der Waals surface area contributed by atoms with Crippen LogP contribution in [0.4, 0.5) is 17.3 Å². The average Bonchev–Trinajstić information content (AvgIpc) is 3.27. The molecule has 2 aromatic carbocycles. The smallest absolute Gasteiger partial charge is 0.230 e. The quantitative estimate of drug-likeness (QED) is 0.520. The Kier molecular flexibility index (Phi) is 7.06. The first-order chi connectivity index (χ1) is 17.0. The van der Waals surface area contributed by atoms with E-state index in [1.54, 1.807) is 4.90 Å². The number of aromatic nitrogens is 2. The van der Waals surface area contributed by atoms with Crippen LogP contribution in [0, 0.1) is 5.92 Å². The maximum Gasteiger partial charge on any atom is 0.230 e. The van der Waals surface area contributed by atoms with Gasteiger partial charge in [-0.2, -0.15) is 0 Å². The molecule has 0 bridgehead atoms. The van der Waals surface area contributed by atoms with Gasteiger partial charge in [-0.05, 0) is 23.8 Å². The molecular formula is C26H27BrN6O2. The number of amides is 2. The first-order valence-electron chi connectivity index (χ1n) is 11.8. The van der Waals surface area contributed by atoms with Crippen molar-refractivity contribution in [3.8, 4) is 0 Å². The number of nitrogens with one attached hydrogen (secondary N) is 1. The fourth-order valence-corrected chi connectivity index (χ4v) is 4.96. The number of benzene rings is 2. The third-order valence-electron chi connectivity index (χ3n) is 6.46. The second kappa shape index (κ2) is 10.5. The predicted molar refractivity (Wildman–Crippen MR) is 139 cm³/mol. The van der Waals surface area contributed by atoms with Crippen molar-refractivity contribution in [2.24, 2.45) is 5.92 Å². The molecule has 3 heterocycles. The number of halogens is 1. The number of piperazine rings is 1. The van der Waals surface area contributed by atoms with Crippen molar-refractivity contribution >= 4 is 45.1 Å². The molecule has 0 saturated carbocycles. The summed E-state index contributed by atoms with van der Waals surface area (Å²) >= 11 is 3.44. The molecule has 8 nitrogen and oxygen atoms in total. The maximum absolute atomic E-state index is 12.9. The predicted octanol–water partition coefficient (Wildman–Crippen LogP) is 3.55. The van der Waals surface area contributed by atoms with Crippen molar-refractivity contribution in [2.75, 3.05) is 47.8 Å². The summed E-state index contributed by atoms with van der Waals surface area (Å²) in [6, 6.07) is 19.8. The van der Waals surface area contributed by atoms with E-state index in [1.807, 2.05) is 36.4 Å². The lowest BCUT2D eigenvalue weighted by Crippen LogP contribution is -2.46. The van der Waals surface area contributed by atoms with Crippen LogP contribution in [0.3, 0.4) is 0 Å². The summed E-state index contributed by atoms with van der Waals surface area (Å²) < 4.78 is 0.894. The Labute approximate surface area is 213 Å². The Morgan fingerprint density at radius 1 is 1.00 bits per heavy atom. The lowest BCUT2D eigenvalue weighted by Gasteiger charge is -2.35. The number of anilines is 3. The van der Waals surface area contributed by atoms with Crippen molar-refractivity contribution < 1.29 is 9.59 Å². The standard InChI is InChI=1S/C26H27BrN6O2/c27-21-7-4-8-22(14-21)33-17-20(13-25(33)34)26(35)30-23-15-24(29-18-28-23)32-11-9-31(10-12-32)16-19-5-2-1-3-6-19/h1-8,14-15,18,20H,9-13,16-17H2,(H,28,29,30,35). The van der Waals surface area contributed by atoms with Crippen LogP contribution in [0.5, 0.6) is 0 Å². The molecule has 2 saturated heterocycles. The van der Waals surface area contributed by atoms with Crippen molar-refractivity contribution in [3.63, 3.8) is 0 Å². The molecule has 0 aliphatic carbocycles. The molecule has 1 aromatic heterocycles. The largest absolute Gasteiger partial charge is 0.354 e. The molecule has 2 fully saturated rings. The molecule has 0 radical (unpaired) electrons. The average molecular weight is 535 g/mol. The minimum absolute atomic E-state index is 0.0556. The third kappa shape index (κ3) is 5.68. The van der Waals surface area contributed by atoms with E-state index in [2.05, 4.69) is 65.3 Å². The molecule has 0 spiro atoms. The van der Waals surface area contributed by atoms with Gasteiger partial charge < -0.3 is 15.1 Å². The molecule has 3 aromatic rings. The Morgan fingerprint density at radius 2 is 1.80 bits per heavy atom. The molecule has 2 aliphatic rings. The Morgan fingerprint density at radius 3 is 2.57 bits per heavy atom. The van der Waals surface area contributed by atoms with Crippen LogP contribution in [0.1, 0.15) is 12.0 Å². The van der Waals surface area contributed by atoms with Gasteiger partial charge in [0.2, 0.25) is 11.8 Å². The fraction of sp³-hybridized carbons (Fsp3) is 0.308. The minimum Gasteiger partial charge on any atom is -0.354 e. The zero-order valence-corrected chi connectivity index (χ0v) is 20.9. The van der Waals surface area contributed by atoms with E-state index in [9.17, 15) is 9.59 Å². The van der Waals surface area contributed by atoms with Crippen molar-refractivity contribution in [1.29, 1.82) is 0 Å². The molecule has 2 aliphatic heterocycles. The van der Waals surface area contributed by atoms with Crippen molar-refractivity contribution in [2.45, 2.75) is 13.0 Å². The lowest BCUT2D eigenvalue weighted by molar-refractivity contribution is -0.122. The molecule has 1 N–H and O–H groups in total. The summed E-state index contributed by atoms with van der Waals surface area (Å²) in [6.07, 6.45) is 1.66. The summed E-state index contributed by atoms with van der Waals surface area (Å²) in [5, 5.41) is 2.89. The number of hydrogen-bond donors (Lipinski definition) is 1. The maximum atomic E-state index is 12.9. The molecule has 5 rings (SSSR count). The van der Waals surface area contributed by atoms with E-state index in [-0.39, 0.29) is 18.2 Å². The molecule has 35 heavy (non-hydrogen) atoms. The summed E-state index contributed by atoms with van der Waals surface area (Å²) in [4.78, 5) is 40.5. The zero-order valence-electron chi connectivity index (χ0n) is 19.3. The first kappa shape index (κ1) is 23.4. The Bertz CT molecular complexity index is 1200. The second-order valence-corrected chi connectivity index (χ2v) is 9.80. The number of carbonyl (C=O) groups excluding carboxylic acids is 2. The third-order valence-corrected chi connectivity index (χ3v) is 6.96. The molecule has 2 amide bonds. The SMILES string of the molecule is O=C(Nc1cc(N2CCN(Cc3ccccc3)CC2)ncn1)C1CC(=O)N(c2cccc(Br)c2)C1. The first-order valence-corrected chi connectivity index (χ1v) is 12.5. The number of hydrogen-bond acceptors (Lipinski definition) is 6. The van der Waals surface area contributed by atoms with Gasteiger partial charge in [0, 0.05) is 61.9 Å². The van der Waals surface area contributed by atoms with Gasteiger partial charge in [0.05, 0.1) is 5.92 Å². The molecular weight excluding hydrogens is 508 g/mol. The molecule has 1 unspecified atom stereocenters. The van der Waals surface area contributed by atoms with Gasteiger partial charge in [-0.3, -0.25) is 14.5 Å². The highest BCUT2D eigenvalue weighted by molar-refractivity contribution is 9.10. The number of carbonyl (C=O) groups is 2. The van der Waals surface area contributed by atoms with Crippen LogP contribution in [-0.2, 0) is 16.1 Å². The van der Waals surface area contributed by atoms with E-state index in [0.717, 1.165) is 48.7 Å². The van der Waals surface area contributed by atoms with Crippen molar-refractivity contribution in [1.82, 2.24) is 14.9 Å². The highest BCUT2D eigenvalue weighted by atomic mass is 79.9. The van der Waals surface area contributed by atoms with Crippen LogP contribution in [0.2, 0.25) is 0 Å². The van der Waals surface area contributed by atoms with Crippen LogP contribution >= 0.6 is 15.9 Å². The Hall–Kier alpha value is -3.30. The van der Waals surface area contributed by atoms with Crippen LogP contribution in [-0.4, -0.2) is 59.4 Å². The van der Waals surface area contributed by atoms with Gasteiger partial charge in [-0.1, -0.05) is 52.3 Å². The minimum atomic E-state index is -0.429. The highest BCUT2D eigenvalue weighted by Crippen LogP contribution is 2.28. The molecule has 180 valence electrons. The number of rotatable bonds is 6. The number of nitrogens with zero attached hydrogens (tertiary/aromatic N) is 5. The topological polar surface area (TPSA) is 81.7 Å². The van der Waals surface area contributed by atoms with Gasteiger partial charge in [0.15, 0.2) is 0 Å². The van der Waals surface area contributed by atoms with Crippen molar-refractivity contribution in [3.05, 3.63) is 77.0 Å². The molecule has 9 heteroatoms. The summed E-state index contributed by atoms with van der Waals surface area (Å²) in [6.45, 7) is 4.89. The van der Waals surface area contributed by atoms with Gasteiger partial charge in [0.25, 0.3) is 0 Å². The van der Waals surface area contributed by atoms with E-state index >= 15 is 0 Å². The van der Waals surface area contributed by atoms with Gasteiger partial charge in [-0.15, -0.1) is 0 Å². The van der Waals surface area contributed by atoms with Crippen LogP contribution in [0.25, 0.3) is 0 Å². The summed E-state index contributed by atoms with van der Waals surface area (Å²) in [7, 11) is 0. The lowest BCUT2D eigenvalue weighted by atomic mass is 10.1. The summed E-state index contributed by atoms with van der Waals surface area (Å²) in [5.41, 5.74) is 2.10. The van der Waals surface area contributed by atoms with E-state index in [0.29, 0.717) is 12.4 Å². The Balaban J connectivity index is 1.17. The zero-order chi connectivity index (χ0) is 24.2. The van der Waals surface area contributed by atoms with E-state index < -0.39 is 5.92 Å². The molecule has 1 atom stereocenters. The second-order valence-electron chi connectivity index (χ2n) is 8.88. The summed E-state index contributed by atoms with van der Waals surface area (Å²) in [5.74, 6) is 0.572. The van der Waals surface area contributed by atoms with Crippen LogP contribution < -0.4 is 15.1 Å².